The molecule has 0 aromatic heterocycles. The highest BCUT2D eigenvalue weighted by Gasteiger charge is 2.04. The standard InChI is InChI=1S/C13H20N2O/c1-2-9-14-11-13(16)15-10-8-12-6-4-3-5-7-12/h1,6,14H,3-5,7-11H2,(H,15,16). The molecule has 1 aliphatic carbocycles. The van der Waals surface area contributed by atoms with Gasteiger partial charge < -0.3 is 5.32 Å². The lowest BCUT2D eigenvalue weighted by atomic mass is 9.97. The fourth-order valence-corrected chi connectivity index (χ4v) is 1.80. The Morgan fingerprint density at radius 3 is 3.06 bits per heavy atom. The van der Waals surface area contributed by atoms with E-state index in [-0.39, 0.29) is 5.91 Å². The van der Waals surface area contributed by atoms with Crippen molar-refractivity contribution in [1.29, 1.82) is 0 Å². The first kappa shape index (κ1) is 12.8. The van der Waals surface area contributed by atoms with Gasteiger partial charge in [-0.15, -0.1) is 6.42 Å². The molecule has 0 saturated carbocycles. The molecule has 0 radical (unpaired) electrons. The second-order valence-electron chi connectivity index (χ2n) is 4.02. The van der Waals surface area contributed by atoms with Gasteiger partial charge in [-0.25, -0.2) is 0 Å². The number of allylic oxidation sites excluding steroid dienone is 1. The number of nitrogens with one attached hydrogen (secondary N) is 2. The van der Waals surface area contributed by atoms with Crippen molar-refractivity contribution in [2.75, 3.05) is 19.6 Å². The Morgan fingerprint density at radius 2 is 2.38 bits per heavy atom. The minimum absolute atomic E-state index is 0.0201. The summed E-state index contributed by atoms with van der Waals surface area (Å²) in [5.74, 6) is 2.45. The van der Waals surface area contributed by atoms with E-state index in [0.717, 1.165) is 13.0 Å². The molecule has 0 saturated heterocycles. The molecular formula is C13H20N2O. The van der Waals surface area contributed by atoms with Crippen molar-refractivity contribution in [3.8, 4) is 12.3 Å². The van der Waals surface area contributed by atoms with E-state index in [1.54, 1.807) is 0 Å². The first-order valence-electron chi connectivity index (χ1n) is 5.91. The molecule has 2 N–H and O–H groups in total. The lowest BCUT2D eigenvalue weighted by Crippen LogP contribution is -2.34. The number of carbonyl (C=O) groups excluding carboxylic acids is 1. The molecule has 0 spiro atoms. The summed E-state index contributed by atoms with van der Waals surface area (Å²) < 4.78 is 0. The van der Waals surface area contributed by atoms with Crippen LogP contribution in [-0.2, 0) is 4.79 Å². The minimum atomic E-state index is 0.0201. The van der Waals surface area contributed by atoms with Crippen LogP contribution in [-0.4, -0.2) is 25.5 Å². The molecule has 0 heterocycles. The minimum Gasteiger partial charge on any atom is -0.355 e. The van der Waals surface area contributed by atoms with Crippen LogP contribution in [0.4, 0.5) is 0 Å². The van der Waals surface area contributed by atoms with E-state index in [2.05, 4.69) is 22.6 Å². The zero-order chi connectivity index (χ0) is 11.6. The average Bonchev–Trinajstić information content (AvgIpc) is 2.31. The SMILES string of the molecule is C#CCNCC(=O)NCCC1=CCCCC1. The van der Waals surface area contributed by atoms with E-state index in [1.807, 2.05) is 0 Å². The van der Waals surface area contributed by atoms with Gasteiger partial charge in [0.25, 0.3) is 0 Å². The summed E-state index contributed by atoms with van der Waals surface area (Å²) >= 11 is 0. The van der Waals surface area contributed by atoms with E-state index in [1.165, 1.54) is 31.3 Å². The van der Waals surface area contributed by atoms with Gasteiger partial charge in [0.15, 0.2) is 0 Å². The lowest BCUT2D eigenvalue weighted by Gasteiger charge is -2.12. The molecule has 1 amide bonds. The number of carbonyl (C=O) groups is 1. The van der Waals surface area contributed by atoms with Gasteiger partial charge in [-0.2, -0.15) is 0 Å². The third-order valence-corrected chi connectivity index (χ3v) is 2.67. The number of terminal acetylenes is 1. The molecule has 0 fully saturated rings. The summed E-state index contributed by atoms with van der Waals surface area (Å²) in [5, 5.41) is 5.74. The molecule has 16 heavy (non-hydrogen) atoms. The van der Waals surface area contributed by atoms with E-state index in [0.29, 0.717) is 13.1 Å². The molecular weight excluding hydrogens is 200 g/mol. The summed E-state index contributed by atoms with van der Waals surface area (Å²) in [6.07, 6.45) is 13.4. The van der Waals surface area contributed by atoms with Crippen LogP contribution < -0.4 is 10.6 Å². The topological polar surface area (TPSA) is 41.1 Å². The molecule has 1 aliphatic rings. The Labute approximate surface area is 97.7 Å². The summed E-state index contributed by atoms with van der Waals surface area (Å²) in [4.78, 5) is 11.3. The van der Waals surface area contributed by atoms with Crippen LogP contribution in [0.1, 0.15) is 32.1 Å². The van der Waals surface area contributed by atoms with Crippen LogP contribution in [0.15, 0.2) is 11.6 Å². The fraction of sp³-hybridized carbons (Fsp3) is 0.615. The molecule has 1 rings (SSSR count). The molecule has 0 aromatic rings. The summed E-state index contributed by atoms with van der Waals surface area (Å²) in [6, 6.07) is 0. The smallest absolute Gasteiger partial charge is 0.233 e. The zero-order valence-electron chi connectivity index (χ0n) is 9.72. The normalized spacial score (nSPS) is 15.1. The Balaban J connectivity index is 2.04. The Kier molecular flexibility index (Phi) is 6.36. The highest BCUT2D eigenvalue weighted by Crippen LogP contribution is 2.19. The maximum atomic E-state index is 11.3. The van der Waals surface area contributed by atoms with E-state index >= 15 is 0 Å². The predicted octanol–water partition coefficient (Wildman–Crippen LogP) is 1.22. The van der Waals surface area contributed by atoms with E-state index in [9.17, 15) is 4.79 Å². The molecule has 88 valence electrons. The van der Waals surface area contributed by atoms with Gasteiger partial charge in [0, 0.05) is 6.54 Å². The molecule has 0 aliphatic heterocycles. The van der Waals surface area contributed by atoms with Gasteiger partial charge in [0.1, 0.15) is 0 Å². The molecule has 3 nitrogen and oxygen atoms in total. The summed E-state index contributed by atoms with van der Waals surface area (Å²) in [5.41, 5.74) is 1.49. The third kappa shape index (κ3) is 5.57. The van der Waals surface area contributed by atoms with Crippen LogP contribution in [0.2, 0.25) is 0 Å². The first-order valence-corrected chi connectivity index (χ1v) is 5.91. The van der Waals surface area contributed by atoms with Gasteiger partial charge in [-0.1, -0.05) is 17.6 Å². The Morgan fingerprint density at radius 1 is 1.50 bits per heavy atom. The van der Waals surface area contributed by atoms with Crippen molar-refractivity contribution in [1.82, 2.24) is 10.6 Å². The molecule has 3 heteroatoms. The molecule has 0 aromatic carbocycles. The maximum absolute atomic E-state index is 11.3. The number of rotatable bonds is 6. The lowest BCUT2D eigenvalue weighted by molar-refractivity contribution is -0.120. The Bertz CT molecular complexity index is 289. The maximum Gasteiger partial charge on any atom is 0.233 e. The molecule has 0 unspecified atom stereocenters. The van der Waals surface area contributed by atoms with Crippen LogP contribution in [0.25, 0.3) is 0 Å². The summed E-state index contributed by atoms with van der Waals surface area (Å²) in [7, 11) is 0. The monoisotopic (exact) mass is 220 g/mol. The molecule has 0 bridgehead atoms. The van der Waals surface area contributed by atoms with Crippen LogP contribution in [0.5, 0.6) is 0 Å². The van der Waals surface area contributed by atoms with Crippen molar-refractivity contribution < 1.29 is 4.79 Å². The van der Waals surface area contributed by atoms with E-state index in [4.69, 9.17) is 6.42 Å². The van der Waals surface area contributed by atoms with Crippen LogP contribution >= 0.6 is 0 Å². The quantitative estimate of drug-likeness (QED) is 0.401. The highest BCUT2D eigenvalue weighted by atomic mass is 16.1. The molecule has 0 atom stereocenters. The van der Waals surface area contributed by atoms with Gasteiger partial charge in [0.05, 0.1) is 13.1 Å². The number of hydrogen-bond donors (Lipinski definition) is 2. The van der Waals surface area contributed by atoms with Gasteiger partial charge in [0.2, 0.25) is 5.91 Å². The van der Waals surface area contributed by atoms with Crippen molar-refractivity contribution in [3.63, 3.8) is 0 Å². The highest BCUT2D eigenvalue weighted by molar-refractivity contribution is 5.77. The summed E-state index contributed by atoms with van der Waals surface area (Å²) in [6.45, 7) is 1.49. The second-order valence-corrected chi connectivity index (χ2v) is 4.02. The predicted molar refractivity (Wildman–Crippen MR) is 65.9 cm³/mol. The van der Waals surface area contributed by atoms with Gasteiger partial charge in [-0.05, 0) is 32.1 Å². The van der Waals surface area contributed by atoms with Gasteiger partial charge in [-0.3, -0.25) is 10.1 Å². The number of hydrogen-bond acceptors (Lipinski definition) is 2. The number of amides is 1. The van der Waals surface area contributed by atoms with Crippen LogP contribution in [0, 0.1) is 12.3 Å². The average molecular weight is 220 g/mol. The van der Waals surface area contributed by atoms with E-state index < -0.39 is 0 Å². The van der Waals surface area contributed by atoms with Crippen LogP contribution in [0.3, 0.4) is 0 Å². The zero-order valence-corrected chi connectivity index (χ0v) is 9.72. The van der Waals surface area contributed by atoms with Crippen molar-refractivity contribution >= 4 is 5.91 Å². The largest absolute Gasteiger partial charge is 0.355 e. The first-order chi connectivity index (χ1) is 7.83. The second kappa shape index (κ2) is 7.95. The van der Waals surface area contributed by atoms with Crippen molar-refractivity contribution in [2.24, 2.45) is 0 Å². The van der Waals surface area contributed by atoms with Crippen molar-refractivity contribution in [3.05, 3.63) is 11.6 Å². The fourth-order valence-electron chi connectivity index (χ4n) is 1.80. The third-order valence-electron chi connectivity index (χ3n) is 2.67. The Hall–Kier alpha value is -1.27. The van der Waals surface area contributed by atoms with Gasteiger partial charge >= 0.3 is 0 Å². The van der Waals surface area contributed by atoms with Crippen molar-refractivity contribution in [2.45, 2.75) is 32.1 Å².